The number of hydrogen-bond donors (Lipinski definition) is 11. The van der Waals surface area contributed by atoms with Gasteiger partial charge < -0.3 is 78.0 Å². The first-order valence-corrected chi connectivity index (χ1v) is 29.5. The smallest absolute Gasteiger partial charge is 0.326 e. The lowest BCUT2D eigenvalue weighted by molar-refractivity contribution is -0.152. The van der Waals surface area contributed by atoms with Gasteiger partial charge in [0.15, 0.2) is 0 Å². The average Bonchev–Trinajstić information content (AvgIpc) is 2.63. The molecule has 5 aliphatic heterocycles. The highest BCUT2D eigenvalue weighted by molar-refractivity contribution is 6.01. The van der Waals surface area contributed by atoms with Crippen LogP contribution in [0.1, 0.15) is 115 Å². The number of aromatic amines is 2. The molecule has 11 unspecified atom stereocenters. The molecule has 3 aromatic rings. The summed E-state index contributed by atoms with van der Waals surface area (Å²) in [5, 5.41) is 26.5. The number of benzene rings is 1. The normalized spacial score (nSPS) is 22.3. The van der Waals surface area contributed by atoms with Crippen LogP contribution in [0.2, 0.25) is 0 Å². The Morgan fingerprint density at radius 2 is 1.22 bits per heavy atom. The van der Waals surface area contributed by atoms with Gasteiger partial charge in [0.25, 0.3) is 0 Å². The van der Waals surface area contributed by atoms with Gasteiger partial charge in [0.2, 0.25) is 70.9 Å². The van der Waals surface area contributed by atoms with Gasteiger partial charge in [-0.2, -0.15) is 0 Å². The van der Waals surface area contributed by atoms with Gasteiger partial charge in [-0.25, -0.2) is 9.78 Å². The molecule has 0 aliphatic carbocycles. The number of rotatable bonds is 26. The molecule has 2 aromatic heterocycles. The first-order chi connectivity index (χ1) is 41.1. The predicted octanol–water partition coefficient (Wildman–Crippen LogP) is -2.39. The zero-order chi connectivity index (χ0) is 61.9. The van der Waals surface area contributed by atoms with E-state index in [1.54, 1.807) is 26.1 Å². The number of para-hydroxylation sites is 1. The molecule has 29 heteroatoms. The van der Waals surface area contributed by atoms with Crippen molar-refractivity contribution in [3.8, 4) is 0 Å². The number of fused-ring (bicyclic) bond motifs is 1. The Morgan fingerprint density at radius 1 is 0.651 bits per heavy atom. The zero-order valence-electron chi connectivity index (χ0n) is 48.2. The quantitative estimate of drug-likeness (QED) is 0.0400. The zero-order valence-corrected chi connectivity index (χ0v) is 48.2. The first-order valence-electron chi connectivity index (χ1n) is 29.5. The fourth-order valence-corrected chi connectivity index (χ4v) is 12.3. The van der Waals surface area contributed by atoms with E-state index in [4.69, 9.17) is 11.5 Å². The Labute approximate surface area is 494 Å². The fourth-order valence-electron chi connectivity index (χ4n) is 12.3. The number of likely N-dealkylation sites (tertiary alicyclic amines) is 4. The maximum atomic E-state index is 15.0. The van der Waals surface area contributed by atoms with Crippen molar-refractivity contribution in [2.75, 3.05) is 26.2 Å². The number of aliphatic carboxylic acids is 1. The second-order valence-corrected chi connectivity index (χ2v) is 22.9. The van der Waals surface area contributed by atoms with Crippen LogP contribution in [0.5, 0.6) is 0 Å². The maximum Gasteiger partial charge on any atom is 0.326 e. The molecule has 7 heterocycles. The topological polar surface area (TPSA) is 424 Å². The molecule has 5 saturated heterocycles. The van der Waals surface area contributed by atoms with Crippen LogP contribution in [-0.4, -0.2) is 203 Å². The number of carboxylic acids is 1. The van der Waals surface area contributed by atoms with Gasteiger partial charge in [0, 0.05) is 80.9 Å². The van der Waals surface area contributed by atoms with Crippen LogP contribution in [0, 0.1) is 5.92 Å². The van der Waals surface area contributed by atoms with E-state index in [9.17, 15) is 67.4 Å². The molecule has 0 spiro atoms. The van der Waals surface area contributed by atoms with Crippen molar-refractivity contribution in [3.63, 3.8) is 0 Å². The number of amides is 12. The summed E-state index contributed by atoms with van der Waals surface area (Å²) in [6.45, 7) is 4.04. The highest BCUT2D eigenvalue weighted by Crippen LogP contribution is 2.29. The molecule has 0 radical (unpaired) electrons. The second-order valence-electron chi connectivity index (χ2n) is 22.9. The number of carboxylic acid groups (broad SMARTS) is 1. The second kappa shape index (κ2) is 28.3. The molecule has 12 amide bonds. The molecular formula is C57H77N15O14. The minimum Gasteiger partial charge on any atom is -0.480 e. The van der Waals surface area contributed by atoms with E-state index in [0.29, 0.717) is 49.8 Å². The first kappa shape index (κ1) is 63.1. The number of primary amides is 2. The van der Waals surface area contributed by atoms with Crippen molar-refractivity contribution in [1.29, 1.82) is 0 Å². The summed E-state index contributed by atoms with van der Waals surface area (Å²) in [7, 11) is 0. The highest BCUT2D eigenvalue weighted by atomic mass is 16.4. The van der Waals surface area contributed by atoms with Crippen LogP contribution >= 0.6 is 0 Å². The Kier molecular flexibility index (Phi) is 20.8. The number of nitrogens with zero attached hydrogens (tertiary/aromatic N) is 5. The number of carbonyl (C=O) groups excluding carboxylic acids is 12. The van der Waals surface area contributed by atoms with E-state index in [1.807, 2.05) is 18.2 Å². The minimum absolute atomic E-state index is 0.0467. The minimum atomic E-state index is -1.55. The van der Waals surface area contributed by atoms with Crippen LogP contribution < -0.4 is 43.4 Å². The largest absolute Gasteiger partial charge is 0.480 e. The third kappa shape index (κ3) is 14.9. The fraction of sp³-hybridized carbons (Fsp3) is 0.579. The number of hydrogen-bond acceptors (Lipinski definition) is 14. The Hall–Kier alpha value is -8.92. The molecule has 464 valence electrons. The summed E-state index contributed by atoms with van der Waals surface area (Å²) in [6, 6.07) is -5.06. The number of nitrogens with one attached hydrogen (secondary N) is 8. The number of imidazole rings is 1. The van der Waals surface area contributed by atoms with Crippen molar-refractivity contribution in [2.24, 2.45) is 17.4 Å². The highest BCUT2D eigenvalue weighted by Gasteiger charge is 2.47. The molecule has 13 N–H and O–H groups in total. The van der Waals surface area contributed by atoms with Gasteiger partial charge in [-0.1, -0.05) is 38.5 Å². The van der Waals surface area contributed by atoms with Crippen LogP contribution in [-0.2, 0) is 75.2 Å². The lowest BCUT2D eigenvalue weighted by Crippen LogP contribution is -2.61. The Bertz CT molecular complexity index is 3080. The lowest BCUT2D eigenvalue weighted by Gasteiger charge is -2.34. The average molecular weight is 1200 g/mol. The van der Waals surface area contributed by atoms with Crippen molar-refractivity contribution >= 4 is 87.8 Å². The molecule has 29 nitrogen and oxygen atoms in total. The molecule has 1 aromatic carbocycles. The van der Waals surface area contributed by atoms with Crippen LogP contribution in [0.15, 0.2) is 43.0 Å². The van der Waals surface area contributed by atoms with Gasteiger partial charge in [-0.3, -0.25) is 57.5 Å². The number of carbonyl (C=O) groups is 13. The molecule has 0 bridgehead atoms. The standard InChI is InChI=1S/C57H77N15O14/c1-3-30(2)47(56(84)71-22-8-14-42(71)55(83)72-23-9-15-43(72)57(85)86)68-49(77)36(16-18-44(58)73)64-51(79)40-12-6-21-70(40)54(82)39(25-32-28-60-29-62-32)67-52(80)41-13-7-20-69(41)53(81)38(24-31-27-61-34-11-5-4-10-33(31)34)66-50(78)37(26-45(59)74)65-48(76)35-17-19-46(75)63-35/h4-5,10-11,27-30,35-43,47,61H,3,6-9,12-26H2,1-2H3,(H2,58,73)(H2,59,74)(H,60,62)(H,63,75)(H,64,79)(H,65,76)(H,66,78)(H,67,80)(H,68,77)(H,85,86). The third-order valence-corrected chi connectivity index (χ3v) is 17.1. The number of nitrogens with two attached hydrogens (primary N) is 2. The molecule has 11 atom stereocenters. The molecule has 5 fully saturated rings. The summed E-state index contributed by atoms with van der Waals surface area (Å²) < 4.78 is 0. The van der Waals surface area contributed by atoms with E-state index >= 15 is 0 Å². The van der Waals surface area contributed by atoms with Crippen molar-refractivity contribution in [2.45, 2.75) is 177 Å². The van der Waals surface area contributed by atoms with E-state index < -0.39 is 144 Å². The maximum absolute atomic E-state index is 15.0. The molecular weight excluding hydrogens is 1120 g/mol. The molecule has 5 aliphatic rings. The summed E-state index contributed by atoms with van der Waals surface area (Å²) in [4.78, 5) is 193. The van der Waals surface area contributed by atoms with Crippen LogP contribution in [0.25, 0.3) is 10.9 Å². The number of aromatic nitrogens is 3. The van der Waals surface area contributed by atoms with E-state index in [0.717, 1.165) is 10.9 Å². The molecule has 86 heavy (non-hydrogen) atoms. The molecule has 0 saturated carbocycles. The van der Waals surface area contributed by atoms with Gasteiger partial charge >= 0.3 is 5.97 Å². The van der Waals surface area contributed by atoms with Crippen molar-refractivity contribution < 1.29 is 67.4 Å². The predicted molar refractivity (Wildman–Crippen MR) is 303 cm³/mol. The summed E-state index contributed by atoms with van der Waals surface area (Å²) in [5.41, 5.74) is 12.8. The molecule has 8 rings (SSSR count). The summed E-state index contributed by atoms with van der Waals surface area (Å²) in [6.07, 6.45) is 6.01. The Balaban J connectivity index is 0.980. The van der Waals surface area contributed by atoms with Crippen LogP contribution in [0.4, 0.5) is 0 Å². The van der Waals surface area contributed by atoms with E-state index in [1.165, 1.54) is 32.1 Å². The lowest BCUT2D eigenvalue weighted by atomic mass is 9.96. The Morgan fingerprint density at radius 3 is 1.80 bits per heavy atom. The van der Waals surface area contributed by atoms with Gasteiger partial charge in [-0.15, -0.1) is 0 Å². The van der Waals surface area contributed by atoms with Crippen molar-refractivity contribution in [1.82, 2.24) is 66.5 Å². The number of H-pyrrole nitrogens is 2. The monoisotopic (exact) mass is 1200 g/mol. The van der Waals surface area contributed by atoms with E-state index in [2.05, 4.69) is 46.9 Å². The third-order valence-electron chi connectivity index (χ3n) is 17.1. The van der Waals surface area contributed by atoms with Gasteiger partial charge in [-0.05, 0) is 81.8 Å². The SMILES string of the molecule is CCC(C)C(NC(=O)C(CCC(N)=O)NC(=O)C1CCCN1C(=O)C(Cc1cnc[nH]1)NC(=O)C1CCCN1C(=O)C(Cc1c[nH]c2ccccc12)NC(=O)C(CC(N)=O)NC(=O)C1CCC(=O)N1)C(=O)N1CCCC1C(=O)N1CCCC1C(=O)O. The van der Waals surface area contributed by atoms with Crippen molar-refractivity contribution in [3.05, 3.63) is 54.2 Å². The summed E-state index contributed by atoms with van der Waals surface area (Å²) in [5.74, 6) is -10.2. The van der Waals surface area contributed by atoms with Gasteiger partial charge in [0.05, 0.1) is 12.7 Å². The van der Waals surface area contributed by atoms with Crippen LogP contribution in [0.3, 0.4) is 0 Å². The van der Waals surface area contributed by atoms with E-state index in [-0.39, 0.29) is 89.9 Å². The van der Waals surface area contributed by atoms with Gasteiger partial charge in [0.1, 0.15) is 60.4 Å². The summed E-state index contributed by atoms with van der Waals surface area (Å²) >= 11 is 0.